The number of fused-ring (bicyclic) bond motifs is 1. The molecule has 128 valence electrons. The van der Waals surface area contributed by atoms with Crippen LogP contribution < -0.4 is 10.6 Å². The van der Waals surface area contributed by atoms with E-state index in [1.807, 2.05) is 20.8 Å². The van der Waals surface area contributed by atoms with Gasteiger partial charge in [-0.15, -0.1) is 0 Å². The number of piperidine rings is 1. The highest BCUT2D eigenvalue weighted by atomic mass is 16.2. The molecule has 0 aromatic heterocycles. The second-order valence-electron chi connectivity index (χ2n) is 5.24. The van der Waals surface area contributed by atoms with Gasteiger partial charge in [0.05, 0.1) is 11.1 Å². The van der Waals surface area contributed by atoms with Crippen molar-refractivity contribution in [2.45, 2.75) is 39.7 Å². The lowest BCUT2D eigenvalue weighted by Crippen LogP contribution is -2.54. The van der Waals surface area contributed by atoms with Gasteiger partial charge in [-0.1, -0.05) is 13.8 Å². The molecule has 2 heterocycles. The lowest BCUT2D eigenvalue weighted by Gasteiger charge is -2.27. The maximum absolute atomic E-state index is 12.5. The van der Waals surface area contributed by atoms with Crippen molar-refractivity contribution in [1.29, 1.82) is 0 Å². The van der Waals surface area contributed by atoms with E-state index in [1.165, 1.54) is 0 Å². The van der Waals surface area contributed by atoms with Crippen LogP contribution in [0.25, 0.3) is 0 Å². The van der Waals surface area contributed by atoms with E-state index in [0.29, 0.717) is 6.54 Å². The third kappa shape index (κ3) is 3.02. The molecule has 1 fully saturated rings. The first-order valence-electron chi connectivity index (χ1n) is 8.12. The summed E-state index contributed by atoms with van der Waals surface area (Å²) >= 11 is 0. The van der Waals surface area contributed by atoms with E-state index in [4.69, 9.17) is 0 Å². The van der Waals surface area contributed by atoms with Gasteiger partial charge in [-0.25, -0.2) is 0 Å². The highest BCUT2D eigenvalue weighted by Gasteiger charge is 2.44. The molecule has 0 bridgehead atoms. The van der Waals surface area contributed by atoms with Gasteiger partial charge in [-0.05, 0) is 31.5 Å². The fraction of sp³-hybridized carbons (Fsp3) is 0.412. The molecule has 3 rings (SSSR count). The number of anilines is 1. The molecule has 1 aromatic carbocycles. The topological polar surface area (TPSA) is 95.6 Å². The molecule has 0 spiro atoms. The Balaban J connectivity index is 0.00000100. The van der Waals surface area contributed by atoms with Gasteiger partial charge in [0.25, 0.3) is 11.8 Å². The summed E-state index contributed by atoms with van der Waals surface area (Å²) in [4.78, 5) is 49.0. The minimum Gasteiger partial charge on any atom is -0.385 e. The second kappa shape index (κ2) is 7.25. The van der Waals surface area contributed by atoms with E-state index < -0.39 is 23.8 Å². The molecule has 1 unspecified atom stereocenters. The Morgan fingerprint density at radius 1 is 1.12 bits per heavy atom. The zero-order valence-electron chi connectivity index (χ0n) is 14.0. The average molecular weight is 331 g/mol. The molecular weight excluding hydrogens is 310 g/mol. The van der Waals surface area contributed by atoms with Crippen molar-refractivity contribution >= 4 is 29.3 Å². The van der Waals surface area contributed by atoms with Crippen LogP contribution in [-0.4, -0.2) is 41.1 Å². The molecule has 4 amide bonds. The molecule has 1 saturated heterocycles. The number of hydrogen-bond acceptors (Lipinski definition) is 5. The summed E-state index contributed by atoms with van der Waals surface area (Å²) in [5.41, 5.74) is 1.32. The van der Waals surface area contributed by atoms with Crippen molar-refractivity contribution in [2.75, 3.05) is 11.9 Å². The number of amides is 4. The fourth-order valence-corrected chi connectivity index (χ4v) is 2.79. The molecule has 0 saturated carbocycles. The Labute approximate surface area is 140 Å². The van der Waals surface area contributed by atoms with Gasteiger partial charge in [-0.2, -0.15) is 0 Å². The Bertz CT molecular complexity index is 699. The number of hydrogen-bond donors (Lipinski definition) is 2. The van der Waals surface area contributed by atoms with Gasteiger partial charge >= 0.3 is 0 Å². The summed E-state index contributed by atoms with van der Waals surface area (Å²) in [6.45, 7) is 6.62. The standard InChI is InChI=1S/C15H15N3O4.C2H6/c1-2-16-8-3-4-9-10(7-8)15(22)18(14(9)21)11-5-6-12(19)17-13(11)20;1-2/h3-4,7,11,16H,2,5-6H2,1H3,(H,17,19,20);1-2H3. The number of nitrogens with zero attached hydrogens (tertiary/aromatic N) is 1. The highest BCUT2D eigenvalue weighted by Crippen LogP contribution is 2.29. The van der Waals surface area contributed by atoms with Crippen LogP contribution in [-0.2, 0) is 9.59 Å². The zero-order chi connectivity index (χ0) is 17.9. The van der Waals surface area contributed by atoms with Crippen LogP contribution in [0.3, 0.4) is 0 Å². The van der Waals surface area contributed by atoms with Crippen LogP contribution in [0, 0.1) is 0 Å². The second-order valence-corrected chi connectivity index (χ2v) is 5.24. The summed E-state index contributed by atoms with van der Waals surface area (Å²) in [6, 6.07) is 4.00. The molecule has 2 N–H and O–H groups in total. The normalized spacial score (nSPS) is 19.5. The number of carbonyl (C=O) groups is 4. The van der Waals surface area contributed by atoms with Gasteiger partial charge in [-0.3, -0.25) is 29.4 Å². The number of nitrogens with one attached hydrogen (secondary N) is 2. The van der Waals surface area contributed by atoms with Gasteiger partial charge < -0.3 is 5.32 Å². The number of imide groups is 2. The highest BCUT2D eigenvalue weighted by molar-refractivity contribution is 6.23. The van der Waals surface area contributed by atoms with Crippen LogP contribution >= 0.6 is 0 Å². The van der Waals surface area contributed by atoms with Crippen molar-refractivity contribution in [2.24, 2.45) is 0 Å². The first-order chi connectivity index (χ1) is 11.5. The molecule has 1 aromatic rings. The van der Waals surface area contributed by atoms with Gasteiger partial charge in [0, 0.05) is 18.7 Å². The van der Waals surface area contributed by atoms with E-state index in [0.717, 1.165) is 10.6 Å². The van der Waals surface area contributed by atoms with Crippen molar-refractivity contribution < 1.29 is 19.2 Å². The molecule has 0 aliphatic carbocycles. The van der Waals surface area contributed by atoms with E-state index in [2.05, 4.69) is 10.6 Å². The SMILES string of the molecule is CC.CCNc1ccc2c(c1)C(=O)N(C1CCC(=O)NC1=O)C2=O. The third-order valence-electron chi connectivity index (χ3n) is 3.82. The van der Waals surface area contributed by atoms with E-state index in [-0.39, 0.29) is 29.9 Å². The largest absolute Gasteiger partial charge is 0.385 e. The van der Waals surface area contributed by atoms with Crippen molar-refractivity contribution in [3.8, 4) is 0 Å². The third-order valence-corrected chi connectivity index (χ3v) is 3.82. The fourth-order valence-electron chi connectivity index (χ4n) is 2.79. The average Bonchev–Trinajstić information content (AvgIpc) is 2.81. The lowest BCUT2D eigenvalue weighted by atomic mass is 10.0. The van der Waals surface area contributed by atoms with E-state index in [1.54, 1.807) is 18.2 Å². The Morgan fingerprint density at radius 3 is 2.42 bits per heavy atom. The molecule has 24 heavy (non-hydrogen) atoms. The monoisotopic (exact) mass is 331 g/mol. The number of carbonyl (C=O) groups excluding carboxylic acids is 4. The molecular formula is C17H21N3O4. The molecule has 7 nitrogen and oxygen atoms in total. The molecule has 2 aliphatic heterocycles. The van der Waals surface area contributed by atoms with Crippen LogP contribution in [0.2, 0.25) is 0 Å². The summed E-state index contributed by atoms with van der Waals surface area (Å²) in [5.74, 6) is -1.96. The van der Waals surface area contributed by atoms with Gasteiger partial charge in [0.2, 0.25) is 11.8 Å². The molecule has 1 atom stereocenters. The van der Waals surface area contributed by atoms with Gasteiger partial charge in [0.1, 0.15) is 6.04 Å². The maximum atomic E-state index is 12.5. The summed E-state index contributed by atoms with van der Waals surface area (Å²) < 4.78 is 0. The minimum atomic E-state index is -0.923. The minimum absolute atomic E-state index is 0.118. The van der Waals surface area contributed by atoms with Crippen LogP contribution in [0.4, 0.5) is 5.69 Å². The lowest BCUT2D eigenvalue weighted by molar-refractivity contribution is -0.136. The quantitative estimate of drug-likeness (QED) is 0.819. The summed E-state index contributed by atoms with van der Waals surface area (Å²) in [6.07, 6.45) is 0.280. The molecule has 7 heteroatoms. The van der Waals surface area contributed by atoms with Crippen LogP contribution in [0.15, 0.2) is 18.2 Å². The summed E-state index contributed by atoms with van der Waals surface area (Å²) in [7, 11) is 0. The molecule has 2 aliphatic rings. The summed E-state index contributed by atoms with van der Waals surface area (Å²) in [5, 5.41) is 5.25. The number of benzene rings is 1. The zero-order valence-corrected chi connectivity index (χ0v) is 14.0. The van der Waals surface area contributed by atoms with Crippen molar-refractivity contribution in [3.63, 3.8) is 0 Å². The van der Waals surface area contributed by atoms with Crippen LogP contribution in [0.1, 0.15) is 54.3 Å². The molecule has 0 radical (unpaired) electrons. The first-order valence-corrected chi connectivity index (χ1v) is 8.12. The smallest absolute Gasteiger partial charge is 0.262 e. The predicted molar refractivity (Wildman–Crippen MR) is 88.6 cm³/mol. The Morgan fingerprint density at radius 2 is 1.79 bits per heavy atom. The Hall–Kier alpha value is -2.70. The van der Waals surface area contributed by atoms with Crippen molar-refractivity contribution in [3.05, 3.63) is 29.3 Å². The van der Waals surface area contributed by atoms with E-state index >= 15 is 0 Å². The van der Waals surface area contributed by atoms with E-state index in [9.17, 15) is 19.2 Å². The first kappa shape index (κ1) is 17.7. The number of rotatable bonds is 3. The Kier molecular flexibility index (Phi) is 5.33. The van der Waals surface area contributed by atoms with Crippen molar-refractivity contribution in [1.82, 2.24) is 10.2 Å². The maximum Gasteiger partial charge on any atom is 0.262 e. The van der Waals surface area contributed by atoms with Gasteiger partial charge in [0.15, 0.2) is 0 Å². The predicted octanol–water partition coefficient (Wildman–Crippen LogP) is 1.55. The van der Waals surface area contributed by atoms with Crippen LogP contribution in [0.5, 0.6) is 0 Å².